The van der Waals surface area contributed by atoms with Crippen molar-refractivity contribution < 1.29 is 9.90 Å². The number of rotatable bonds is 5. The molecule has 1 amide bonds. The van der Waals surface area contributed by atoms with E-state index in [0.29, 0.717) is 19.0 Å². The SMILES string of the molecule is Cc1ccsc1CNC(=O)CN1CCCC(C(C)O)C1. The Morgan fingerprint density at radius 2 is 2.45 bits per heavy atom. The van der Waals surface area contributed by atoms with Gasteiger partial charge in [0, 0.05) is 11.4 Å². The summed E-state index contributed by atoms with van der Waals surface area (Å²) in [6.45, 7) is 6.74. The summed E-state index contributed by atoms with van der Waals surface area (Å²) in [5.74, 6) is 0.375. The average Bonchev–Trinajstić information content (AvgIpc) is 2.82. The van der Waals surface area contributed by atoms with Crippen LogP contribution < -0.4 is 5.32 Å². The highest BCUT2D eigenvalue weighted by Crippen LogP contribution is 2.19. The summed E-state index contributed by atoms with van der Waals surface area (Å²) in [7, 11) is 0. The number of hydrogen-bond donors (Lipinski definition) is 2. The maximum atomic E-state index is 12.0. The fourth-order valence-corrected chi connectivity index (χ4v) is 3.50. The fraction of sp³-hybridized carbons (Fsp3) is 0.667. The highest BCUT2D eigenvalue weighted by atomic mass is 32.1. The van der Waals surface area contributed by atoms with E-state index >= 15 is 0 Å². The van der Waals surface area contributed by atoms with Crippen molar-refractivity contribution >= 4 is 17.2 Å². The van der Waals surface area contributed by atoms with Gasteiger partial charge in [-0.2, -0.15) is 0 Å². The number of carbonyl (C=O) groups excluding carboxylic acids is 1. The van der Waals surface area contributed by atoms with E-state index in [9.17, 15) is 9.90 Å². The maximum Gasteiger partial charge on any atom is 0.234 e. The van der Waals surface area contributed by atoms with Crippen LogP contribution in [-0.2, 0) is 11.3 Å². The highest BCUT2D eigenvalue weighted by Gasteiger charge is 2.24. The lowest BCUT2D eigenvalue weighted by Crippen LogP contribution is -2.44. The molecule has 0 spiro atoms. The molecule has 0 radical (unpaired) electrons. The minimum absolute atomic E-state index is 0.0732. The Morgan fingerprint density at radius 1 is 1.65 bits per heavy atom. The van der Waals surface area contributed by atoms with Crippen molar-refractivity contribution in [2.45, 2.75) is 39.3 Å². The Bertz CT molecular complexity index is 445. The normalized spacial score (nSPS) is 21.6. The highest BCUT2D eigenvalue weighted by molar-refractivity contribution is 7.10. The van der Waals surface area contributed by atoms with Gasteiger partial charge in [-0.3, -0.25) is 9.69 Å². The molecule has 5 heteroatoms. The van der Waals surface area contributed by atoms with Crippen molar-refractivity contribution in [1.82, 2.24) is 10.2 Å². The second-order valence-electron chi connectivity index (χ2n) is 5.68. The molecule has 1 saturated heterocycles. The Morgan fingerprint density at radius 3 is 3.10 bits per heavy atom. The summed E-state index contributed by atoms with van der Waals surface area (Å²) in [5, 5.41) is 14.7. The van der Waals surface area contributed by atoms with Crippen molar-refractivity contribution in [1.29, 1.82) is 0 Å². The van der Waals surface area contributed by atoms with Crippen LogP contribution in [0.2, 0.25) is 0 Å². The number of aliphatic hydroxyl groups excluding tert-OH is 1. The Hall–Kier alpha value is -0.910. The van der Waals surface area contributed by atoms with Gasteiger partial charge in [0.2, 0.25) is 5.91 Å². The topological polar surface area (TPSA) is 52.6 Å². The third kappa shape index (κ3) is 4.30. The number of thiophene rings is 1. The fourth-order valence-electron chi connectivity index (χ4n) is 2.65. The van der Waals surface area contributed by atoms with Crippen molar-refractivity contribution in [3.63, 3.8) is 0 Å². The third-order valence-corrected chi connectivity index (χ3v) is 5.03. The molecule has 2 unspecified atom stereocenters. The largest absolute Gasteiger partial charge is 0.393 e. The van der Waals surface area contributed by atoms with Crippen LogP contribution in [0.1, 0.15) is 30.2 Å². The van der Waals surface area contributed by atoms with Gasteiger partial charge in [-0.15, -0.1) is 11.3 Å². The first kappa shape index (κ1) is 15.5. The van der Waals surface area contributed by atoms with Gasteiger partial charge in [0.1, 0.15) is 0 Å². The second-order valence-corrected chi connectivity index (χ2v) is 6.68. The van der Waals surface area contributed by atoms with E-state index in [1.807, 2.05) is 6.92 Å². The Kier molecular flexibility index (Phi) is 5.57. The predicted octanol–water partition coefficient (Wildman–Crippen LogP) is 1.77. The second kappa shape index (κ2) is 7.20. The number of amides is 1. The molecule has 0 aliphatic carbocycles. The van der Waals surface area contributed by atoms with E-state index < -0.39 is 0 Å². The first-order chi connectivity index (χ1) is 9.56. The minimum Gasteiger partial charge on any atom is -0.393 e. The first-order valence-electron chi connectivity index (χ1n) is 7.26. The molecule has 1 aromatic heterocycles. The molecule has 4 nitrogen and oxygen atoms in total. The number of likely N-dealkylation sites (tertiary alicyclic amines) is 1. The molecule has 2 heterocycles. The first-order valence-corrected chi connectivity index (χ1v) is 8.14. The van der Waals surface area contributed by atoms with Gasteiger partial charge in [-0.25, -0.2) is 0 Å². The average molecular weight is 296 g/mol. The zero-order chi connectivity index (χ0) is 14.5. The molecule has 0 saturated carbocycles. The van der Waals surface area contributed by atoms with E-state index in [4.69, 9.17) is 0 Å². The van der Waals surface area contributed by atoms with Crippen molar-refractivity contribution in [2.75, 3.05) is 19.6 Å². The van der Waals surface area contributed by atoms with Crippen LogP contribution >= 0.6 is 11.3 Å². The van der Waals surface area contributed by atoms with Gasteiger partial charge in [-0.1, -0.05) is 0 Å². The van der Waals surface area contributed by atoms with Gasteiger partial charge in [-0.05, 0) is 56.2 Å². The molecule has 1 aliphatic heterocycles. The molecule has 0 aromatic carbocycles. The summed E-state index contributed by atoms with van der Waals surface area (Å²) >= 11 is 1.68. The van der Waals surface area contributed by atoms with Crippen molar-refractivity contribution in [3.8, 4) is 0 Å². The van der Waals surface area contributed by atoms with Gasteiger partial charge in [0.15, 0.2) is 0 Å². The van der Waals surface area contributed by atoms with Gasteiger partial charge < -0.3 is 10.4 Å². The van der Waals surface area contributed by atoms with Crippen LogP contribution in [0, 0.1) is 12.8 Å². The van der Waals surface area contributed by atoms with Gasteiger partial charge in [0.25, 0.3) is 0 Å². The number of hydrogen-bond acceptors (Lipinski definition) is 4. The van der Waals surface area contributed by atoms with E-state index in [-0.39, 0.29) is 12.0 Å². The molecule has 2 atom stereocenters. The monoisotopic (exact) mass is 296 g/mol. The van der Waals surface area contributed by atoms with Crippen LogP contribution in [0.5, 0.6) is 0 Å². The predicted molar refractivity (Wildman–Crippen MR) is 81.7 cm³/mol. The van der Waals surface area contributed by atoms with E-state index in [2.05, 4.69) is 28.6 Å². The van der Waals surface area contributed by atoms with Crippen LogP contribution in [0.25, 0.3) is 0 Å². The van der Waals surface area contributed by atoms with Crippen molar-refractivity contribution in [2.24, 2.45) is 5.92 Å². The Labute approximate surface area is 124 Å². The summed E-state index contributed by atoms with van der Waals surface area (Å²) in [6.07, 6.45) is 1.84. The number of nitrogens with one attached hydrogen (secondary N) is 1. The van der Waals surface area contributed by atoms with E-state index in [0.717, 1.165) is 25.9 Å². The van der Waals surface area contributed by atoms with Gasteiger partial charge in [0.05, 0.1) is 19.2 Å². The summed E-state index contributed by atoms with van der Waals surface area (Å²) in [5.41, 5.74) is 1.24. The van der Waals surface area contributed by atoms with Crippen LogP contribution in [-0.4, -0.2) is 41.7 Å². The van der Waals surface area contributed by atoms with E-state index in [1.165, 1.54) is 10.4 Å². The lowest BCUT2D eigenvalue weighted by molar-refractivity contribution is -0.123. The number of aryl methyl sites for hydroxylation is 1. The lowest BCUT2D eigenvalue weighted by atomic mass is 9.93. The summed E-state index contributed by atoms with van der Waals surface area (Å²) in [6, 6.07) is 2.07. The van der Waals surface area contributed by atoms with E-state index in [1.54, 1.807) is 11.3 Å². The zero-order valence-electron chi connectivity index (χ0n) is 12.3. The molecule has 0 bridgehead atoms. The lowest BCUT2D eigenvalue weighted by Gasteiger charge is -2.33. The third-order valence-electron chi connectivity index (χ3n) is 4.01. The standard InChI is InChI=1S/C15H24N2O2S/c1-11-5-7-20-14(11)8-16-15(19)10-17-6-3-4-13(9-17)12(2)18/h5,7,12-13,18H,3-4,6,8-10H2,1-2H3,(H,16,19). The molecule has 2 rings (SSSR count). The molecule has 20 heavy (non-hydrogen) atoms. The molecule has 112 valence electrons. The number of aliphatic hydroxyl groups is 1. The number of carbonyl (C=O) groups is 1. The van der Waals surface area contributed by atoms with Crippen LogP contribution in [0.4, 0.5) is 0 Å². The quantitative estimate of drug-likeness (QED) is 0.870. The Balaban J connectivity index is 1.75. The van der Waals surface area contributed by atoms with Crippen molar-refractivity contribution in [3.05, 3.63) is 21.9 Å². The molecular weight excluding hydrogens is 272 g/mol. The smallest absolute Gasteiger partial charge is 0.234 e. The number of nitrogens with zero attached hydrogens (tertiary/aromatic N) is 1. The minimum atomic E-state index is -0.283. The number of piperidine rings is 1. The molecule has 1 aromatic rings. The summed E-state index contributed by atoms with van der Waals surface area (Å²) in [4.78, 5) is 15.4. The van der Waals surface area contributed by atoms with Gasteiger partial charge >= 0.3 is 0 Å². The van der Waals surface area contributed by atoms with Crippen LogP contribution in [0.15, 0.2) is 11.4 Å². The molecule has 1 fully saturated rings. The summed E-state index contributed by atoms with van der Waals surface area (Å²) < 4.78 is 0. The molecular formula is C15H24N2O2S. The zero-order valence-corrected chi connectivity index (χ0v) is 13.1. The molecule has 2 N–H and O–H groups in total. The molecule has 1 aliphatic rings. The van der Waals surface area contributed by atoms with Crippen LogP contribution in [0.3, 0.4) is 0 Å². The maximum absolute atomic E-state index is 12.0.